The van der Waals surface area contributed by atoms with Crippen LogP contribution in [0.15, 0.2) is 29.4 Å². The van der Waals surface area contributed by atoms with Crippen molar-refractivity contribution < 1.29 is 8.42 Å². The number of hydrogen-bond acceptors (Lipinski definition) is 5. The molecule has 0 bridgehead atoms. The number of anilines is 1. The summed E-state index contributed by atoms with van der Waals surface area (Å²) in [4.78, 5) is 4.10. The number of halogens is 1. The molecule has 0 aliphatic heterocycles. The first-order valence-corrected chi connectivity index (χ1v) is 6.81. The molecular weight excluding hydrogens is 264 g/mol. The SMILES string of the molecule is CS(=O)(=O)c1cnn(-c2cc(N)cc(Cl)n2)c1. The van der Waals surface area contributed by atoms with E-state index in [1.807, 2.05) is 0 Å². The highest BCUT2D eigenvalue weighted by Crippen LogP contribution is 2.16. The normalized spacial score (nSPS) is 11.6. The summed E-state index contributed by atoms with van der Waals surface area (Å²) >= 11 is 5.75. The lowest BCUT2D eigenvalue weighted by molar-refractivity contribution is 0.602. The van der Waals surface area contributed by atoms with Crippen LogP contribution >= 0.6 is 11.6 Å². The first-order chi connectivity index (χ1) is 7.86. The Morgan fingerprint density at radius 3 is 2.65 bits per heavy atom. The van der Waals surface area contributed by atoms with E-state index in [-0.39, 0.29) is 10.0 Å². The summed E-state index contributed by atoms with van der Waals surface area (Å²) in [7, 11) is -3.29. The van der Waals surface area contributed by atoms with Crippen molar-refractivity contribution in [2.45, 2.75) is 4.90 Å². The fourth-order valence-corrected chi connectivity index (χ4v) is 1.99. The van der Waals surface area contributed by atoms with Crippen molar-refractivity contribution in [2.75, 3.05) is 12.0 Å². The molecule has 0 saturated carbocycles. The molecule has 8 heteroatoms. The molecule has 0 atom stereocenters. The molecule has 0 amide bonds. The number of pyridine rings is 1. The molecule has 6 nitrogen and oxygen atoms in total. The predicted molar refractivity (Wildman–Crippen MR) is 63.9 cm³/mol. The van der Waals surface area contributed by atoms with Gasteiger partial charge in [0.05, 0.1) is 12.4 Å². The van der Waals surface area contributed by atoms with E-state index in [4.69, 9.17) is 17.3 Å². The van der Waals surface area contributed by atoms with Gasteiger partial charge in [-0.05, 0) is 6.07 Å². The second-order valence-electron chi connectivity index (χ2n) is 3.47. The minimum absolute atomic E-state index is 0.109. The number of nitrogens with two attached hydrogens (primary N) is 1. The maximum Gasteiger partial charge on any atom is 0.178 e. The summed E-state index contributed by atoms with van der Waals surface area (Å²) < 4.78 is 23.9. The van der Waals surface area contributed by atoms with Gasteiger partial charge in [-0.2, -0.15) is 5.10 Å². The third kappa shape index (κ3) is 2.56. The average molecular weight is 273 g/mol. The Labute approximate surface area is 103 Å². The highest BCUT2D eigenvalue weighted by molar-refractivity contribution is 7.90. The number of sulfone groups is 1. The maximum atomic E-state index is 11.3. The van der Waals surface area contributed by atoms with Crippen LogP contribution in [0, 0.1) is 0 Å². The van der Waals surface area contributed by atoms with Crippen LogP contribution in [-0.4, -0.2) is 29.4 Å². The van der Waals surface area contributed by atoms with Crippen molar-refractivity contribution in [2.24, 2.45) is 0 Å². The maximum absolute atomic E-state index is 11.3. The first-order valence-electron chi connectivity index (χ1n) is 4.54. The van der Waals surface area contributed by atoms with Gasteiger partial charge in [-0.3, -0.25) is 0 Å². The van der Waals surface area contributed by atoms with E-state index < -0.39 is 9.84 Å². The quantitative estimate of drug-likeness (QED) is 0.821. The van der Waals surface area contributed by atoms with Gasteiger partial charge in [0, 0.05) is 18.0 Å². The molecule has 17 heavy (non-hydrogen) atoms. The molecule has 0 fully saturated rings. The Morgan fingerprint density at radius 1 is 1.41 bits per heavy atom. The van der Waals surface area contributed by atoms with Crippen LogP contribution in [0.3, 0.4) is 0 Å². The van der Waals surface area contributed by atoms with E-state index in [0.717, 1.165) is 6.26 Å². The van der Waals surface area contributed by atoms with Crippen molar-refractivity contribution in [3.05, 3.63) is 29.7 Å². The number of nitrogens with zero attached hydrogens (tertiary/aromatic N) is 3. The summed E-state index contributed by atoms with van der Waals surface area (Å²) in [6.45, 7) is 0. The summed E-state index contributed by atoms with van der Waals surface area (Å²) in [6, 6.07) is 3.04. The Kier molecular flexibility index (Phi) is 2.80. The van der Waals surface area contributed by atoms with Gasteiger partial charge < -0.3 is 5.73 Å². The van der Waals surface area contributed by atoms with Gasteiger partial charge in [-0.1, -0.05) is 11.6 Å². The molecular formula is C9H9ClN4O2S. The number of rotatable bonds is 2. The van der Waals surface area contributed by atoms with Crippen LogP contribution in [0.2, 0.25) is 5.15 Å². The summed E-state index contributed by atoms with van der Waals surface area (Å²) in [5.41, 5.74) is 6.03. The molecule has 2 aromatic heterocycles. The fraction of sp³-hybridized carbons (Fsp3) is 0.111. The fourth-order valence-electron chi connectivity index (χ4n) is 1.24. The highest BCUT2D eigenvalue weighted by atomic mass is 35.5. The molecule has 0 spiro atoms. The molecule has 0 aliphatic carbocycles. The van der Waals surface area contributed by atoms with Crippen LogP contribution in [0.4, 0.5) is 5.69 Å². The van der Waals surface area contributed by atoms with Crippen LogP contribution in [0.25, 0.3) is 5.82 Å². The van der Waals surface area contributed by atoms with E-state index in [0.29, 0.717) is 11.5 Å². The molecule has 2 N–H and O–H groups in total. The summed E-state index contributed by atoms with van der Waals surface area (Å²) in [6.07, 6.45) is 3.70. The van der Waals surface area contributed by atoms with Gasteiger partial charge in [-0.25, -0.2) is 18.1 Å². The third-order valence-corrected chi connectivity index (χ3v) is 3.29. The topological polar surface area (TPSA) is 90.9 Å². The van der Waals surface area contributed by atoms with Crippen molar-refractivity contribution in [3.63, 3.8) is 0 Å². The molecule has 0 aliphatic rings. The Morgan fingerprint density at radius 2 is 2.12 bits per heavy atom. The number of nitrogen functional groups attached to an aromatic ring is 1. The second kappa shape index (κ2) is 4.01. The van der Waals surface area contributed by atoms with Crippen molar-refractivity contribution >= 4 is 27.1 Å². The number of aromatic nitrogens is 3. The Hall–Kier alpha value is -1.60. The van der Waals surface area contributed by atoms with E-state index in [1.165, 1.54) is 23.1 Å². The van der Waals surface area contributed by atoms with E-state index in [9.17, 15) is 8.42 Å². The van der Waals surface area contributed by atoms with Gasteiger partial charge >= 0.3 is 0 Å². The van der Waals surface area contributed by atoms with Gasteiger partial charge in [0.25, 0.3) is 0 Å². The predicted octanol–water partition coefficient (Wildman–Crippen LogP) is 0.906. The van der Waals surface area contributed by atoms with Crippen LogP contribution in [0.1, 0.15) is 0 Å². The summed E-state index contributed by atoms with van der Waals surface area (Å²) in [5.74, 6) is 0.366. The second-order valence-corrected chi connectivity index (χ2v) is 5.88. The van der Waals surface area contributed by atoms with Crippen molar-refractivity contribution in [1.82, 2.24) is 14.8 Å². The minimum atomic E-state index is -3.29. The summed E-state index contributed by atoms with van der Waals surface area (Å²) in [5, 5.41) is 4.11. The van der Waals surface area contributed by atoms with Crippen LogP contribution in [0.5, 0.6) is 0 Å². The Bertz CT molecular complexity index is 645. The lowest BCUT2D eigenvalue weighted by Crippen LogP contribution is -2.00. The Balaban J connectivity index is 2.51. The standard InChI is InChI=1S/C9H9ClN4O2S/c1-17(15,16)7-4-12-14(5-7)9-3-6(11)2-8(10)13-9/h2-5H,1H3,(H2,11,13). The lowest BCUT2D eigenvalue weighted by atomic mass is 10.4. The van der Waals surface area contributed by atoms with Gasteiger partial charge in [0.15, 0.2) is 15.7 Å². The molecule has 0 aromatic carbocycles. The van der Waals surface area contributed by atoms with E-state index in [2.05, 4.69) is 10.1 Å². The molecule has 90 valence electrons. The molecule has 2 aromatic rings. The monoisotopic (exact) mass is 272 g/mol. The van der Waals surface area contributed by atoms with E-state index in [1.54, 1.807) is 6.07 Å². The van der Waals surface area contributed by atoms with Gasteiger partial charge in [0.1, 0.15) is 10.0 Å². The molecule has 0 radical (unpaired) electrons. The van der Waals surface area contributed by atoms with Gasteiger partial charge in [-0.15, -0.1) is 0 Å². The minimum Gasteiger partial charge on any atom is -0.399 e. The zero-order valence-corrected chi connectivity index (χ0v) is 10.4. The highest BCUT2D eigenvalue weighted by Gasteiger charge is 2.11. The van der Waals surface area contributed by atoms with Crippen molar-refractivity contribution in [3.8, 4) is 5.82 Å². The van der Waals surface area contributed by atoms with Crippen LogP contribution < -0.4 is 5.73 Å². The largest absolute Gasteiger partial charge is 0.399 e. The van der Waals surface area contributed by atoms with Crippen LogP contribution in [-0.2, 0) is 9.84 Å². The zero-order chi connectivity index (χ0) is 12.6. The zero-order valence-electron chi connectivity index (χ0n) is 8.83. The molecule has 2 rings (SSSR count). The van der Waals surface area contributed by atoms with E-state index >= 15 is 0 Å². The molecule has 2 heterocycles. The first kappa shape index (κ1) is 11.9. The molecule has 0 unspecified atom stereocenters. The molecule has 0 saturated heterocycles. The van der Waals surface area contributed by atoms with Crippen molar-refractivity contribution in [1.29, 1.82) is 0 Å². The smallest absolute Gasteiger partial charge is 0.178 e. The third-order valence-electron chi connectivity index (χ3n) is 2.02. The van der Waals surface area contributed by atoms with Gasteiger partial charge in [0.2, 0.25) is 0 Å². The number of hydrogen-bond donors (Lipinski definition) is 1. The lowest BCUT2D eigenvalue weighted by Gasteiger charge is -2.02. The average Bonchev–Trinajstić information content (AvgIpc) is 2.63.